The zero-order valence-corrected chi connectivity index (χ0v) is 16.0. The summed E-state index contributed by atoms with van der Waals surface area (Å²) in [6.07, 6.45) is 0. The van der Waals surface area contributed by atoms with Crippen LogP contribution < -0.4 is 9.64 Å². The fourth-order valence-corrected chi connectivity index (χ4v) is 6.24. The van der Waals surface area contributed by atoms with Crippen molar-refractivity contribution in [2.24, 2.45) is 0 Å². The molecule has 26 heavy (non-hydrogen) atoms. The molecule has 7 heteroatoms. The number of hydrogen-bond donors (Lipinski definition) is 0. The second kappa shape index (κ2) is 6.55. The largest absolute Gasteiger partial charge is 0.495 e. The number of thiocarbonyl (C=S) groups is 1. The van der Waals surface area contributed by atoms with Gasteiger partial charge in [-0.2, -0.15) is 0 Å². The van der Waals surface area contributed by atoms with Crippen LogP contribution in [0.5, 0.6) is 5.75 Å². The van der Waals surface area contributed by atoms with Gasteiger partial charge in [0.15, 0.2) is 14.9 Å². The Balaban J connectivity index is 1.74. The number of hydrogen-bond acceptors (Lipinski definition) is 4. The molecule has 2 aromatic carbocycles. The predicted octanol–water partition coefficient (Wildman–Crippen LogP) is 2.47. The summed E-state index contributed by atoms with van der Waals surface area (Å²) < 4.78 is 30.2. The van der Waals surface area contributed by atoms with Crippen molar-refractivity contribution < 1.29 is 13.2 Å². The van der Waals surface area contributed by atoms with Crippen LogP contribution in [0.3, 0.4) is 0 Å². The molecule has 2 saturated heterocycles. The standard InChI is InChI=1S/C19H20N2O3S2/c1-24-18-10-6-5-9-15(18)21-17-13-26(22,23)12-16(17)20(19(21)25)11-14-7-3-2-4-8-14/h2-10,16-17H,11-13H2,1H3/t16-,17-/m1/s1. The highest BCUT2D eigenvalue weighted by molar-refractivity contribution is 7.91. The molecule has 2 fully saturated rings. The molecule has 2 aliphatic rings. The third-order valence-electron chi connectivity index (χ3n) is 5.02. The highest BCUT2D eigenvalue weighted by Crippen LogP contribution is 2.39. The second-order valence-corrected chi connectivity index (χ2v) is 9.17. The lowest BCUT2D eigenvalue weighted by molar-refractivity contribution is 0.350. The van der Waals surface area contributed by atoms with Crippen molar-refractivity contribution in [3.05, 3.63) is 60.2 Å². The van der Waals surface area contributed by atoms with E-state index in [0.29, 0.717) is 17.4 Å². The first-order valence-corrected chi connectivity index (χ1v) is 10.7. The number of sulfone groups is 1. The molecule has 0 radical (unpaired) electrons. The minimum absolute atomic E-state index is 0.112. The van der Waals surface area contributed by atoms with Crippen molar-refractivity contribution in [1.82, 2.24) is 4.90 Å². The van der Waals surface area contributed by atoms with E-state index in [1.165, 1.54) is 0 Å². The third kappa shape index (κ3) is 2.95. The Morgan fingerprint density at radius 1 is 1.04 bits per heavy atom. The minimum atomic E-state index is -3.10. The van der Waals surface area contributed by atoms with Crippen molar-refractivity contribution in [3.8, 4) is 5.75 Å². The molecule has 4 rings (SSSR count). The number of methoxy groups -OCH3 is 1. The maximum atomic E-state index is 12.4. The summed E-state index contributed by atoms with van der Waals surface area (Å²) in [5.41, 5.74) is 1.93. The summed E-state index contributed by atoms with van der Waals surface area (Å²) in [6.45, 7) is 0.599. The first kappa shape index (κ1) is 17.3. The van der Waals surface area contributed by atoms with Crippen LogP contribution in [0.25, 0.3) is 0 Å². The molecule has 0 aliphatic carbocycles. The molecule has 0 amide bonds. The summed E-state index contributed by atoms with van der Waals surface area (Å²) in [6, 6.07) is 17.3. The zero-order valence-electron chi connectivity index (χ0n) is 14.4. The quantitative estimate of drug-likeness (QED) is 0.750. The smallest absolute Gasteiger partial charge is 0.177 e. The normalized spacial score (nSPS) is 24.0. The van der Waals surface area contributed by atoms with Gasteiger partial charge >= 0.3 is 0 Å². The van der Waals surface area contributed by atoms with Gasteiger partial charge in [0.05, 0.1) is 36.4 Å². The molecule has 2 atom stereocenters. The first-order valence-electron chi connectivity index (χ1n) is 8.47. The lowest BCUT2D eigenvalue weighted by Gasteiger charge is -2.26. The van der Waals surface area contributed by atoms with Crippen LogP contribution in [0.2, 0.25) is 0 Å². The molecule has 2 aromatic rings. The van der Waals surface area contributed by atoms with Gasteiger partial charge in [0.25, 0.3) is 0 Å². The van der Waals surface area contributed by atoms with Crippen molar-refractivity contribution in [2.75, 3.05) is 23.5 Å². The van der Waals surface area contributed by atoms with Crippen molar-refractivity contribution in [1.29, 1.82) is 0 Å². The van der Waals surface area contributed by atoms with Gasteiger partial charge in [-0.3, -0.25) is 0 Å². The molecule has 2 aliphatic heterocycles. The van der Waals surface area contributed by atoms with Crippen LogP contribution in [0.4, 0.5) is 5.69 Å². The molecule has 0 unspecified atom stereocenters. The van der Waals surface area contributed by atoms with Gasteiger partial charge < -0.3 is 14.5 Å². The Morgan fingerprint density at radius 3 is 2.42 bits per heavy atom. The molecule has 2 heterocycles. The van der Waals surface area contributed by atoms with Crippen LogP contribution in [0.15, 0.2) is 54.6 Å². The molecule has 0 bridgehead atoms. The Kier molecular flexibility index (Phi) is 4.36. The summed E-state index contributed by atoms with van der Waals surface area (Å²) in [5.74, 6) is 0.941. The van der Waals surface area contributed by atoms with Crippen molar-refractivity contribution in [2.45, 2.75) is 18.6 Å². The van der Waals surface area contributed by atoms with Crippen LogP contribution in [0, 0.1) is 0 Å². The molecule has 0 aromatic heterocycles. The molecule has 0 spiro atoms. The number of anilines is 1. The molecule has 0 N–H and O–H groups in total. The van der Waals surface area contributed by atoms with E-state index in [0.717, 1.165) is 11.3 Å². The van der Waals surface area contributed by atoms with Gasteiger partial charge in [0.1, 0.15) is 5.75 Å². The van der Waals surface area contributed by atoms with E-state index in [4.69, 9.17) is 17.0 Å². The van der Waals surface area contributed by atoms with Gasteiger partial charge in [-0.15, -0.1) is 0 Å². The molecular formula is C19H20N2O3S2. The topological polar surface area (TPSA) is 49.9 Å². The summed E-state index contributed by atoms with van der Waals surface area (Å²) in [7, 11) is -1.48. The van der Waals surface area contributed by atoms with Gasteiger partial charge in [-0.1, -0.05) is 42.5 Å². The Morgan fingerprint density at radius 2 is 1.69 bits per heavy atom. The lowest BCUT2D eigenvalue weighted by Crippen LogP contribution is -2.37. The number of ether oxygens (including phenoxy) is 1. The van der Waals surface area contributed by atoms with Crippen LogP contribution in [-0.2, 0) is 16.4 Å². The van der Waals surface area contributed by atoms with E-state index in [9.17, 15) is 8.42 Å². The van der Waals surface area contributed by atoms with Gasteiger partial charge in [0.2, 0.25) is 0 Å². The minimum Gasteiger partial charge on any atom is -0.495 e. The fourth-order valence-electron chi connectivity index (χ4n) is 3.85. The van der Waals surface area contributed by atoms with Gasteiger partial charge in [0, 0.05) is 6.54 Å². The Hall–Kier alpha value is -2.12. The van der Waals surface area contributed by atoms with Gasteiger partial charge in [-0.25, -0.2) is 8.42 Å². The van der Waals surface area contributed by atoms with E-state index in [1.54, 1.807) is 7.11 Å². The molecule has 0 saturated carbocycles. The average Bonchev–Trinajstić information content (AvgIpc) is 3.07. The fraction of sp³-hybridized carbons (Fsp3) is 0.316. The maximum Gasteiger partial charge on any atom is 0.177 e. The Labute approximate surface area is 159 Å². The molecular weight excluding hydrogens is 368 g/mol. The Bertz CT molecular complexity index is 931. The number of rotatable bonds is 4. The number of para-hydroxylation sites is 2. The van der Waals surface area contributed by atoms with E-state index in [-0.39, 0.29) is 23.6 Å². The van der Waals surface area contributed by atoms with Crippen molar-refractivity contribution in [3.63, 3.8) is 0 Å². The zero-order chi connectivity index (χ0) is 18.3. The SMILES string of the molecule is COc1ccccc1N1C(=S)N(Cc2ccccc2)[C@@H]2CS(=O)(=O)C[C@H]21. The maximum absolute atomic E-state index is 12.4. The van der Waals surface area contributed by atoms with E-state index >= 15 is 0 Å². The van der Waals surface area contributed by atoms with Crippen molar-refractivity contribution >= 4 is 32.9 Å². The lowest BCUT2D eigenvalue weighted by atomic mass is 10.1. The molecule has 5 nitrogen and oxygen atoms in total. The van der Waals surface area contributed by atoms with E-state index < -0.39 is 9.84 Å². The monoisotopic (exact) mass is 388 g/mol. The number of benzene rings is 2. The number of fused-ring (bicyclic) bond motifs is 1. The van der Waals surface area contributed by atoms with Crippen LogP contribution in [-0.4, -0.2) is 49.1 Å². The molecule has 136 valence electrons. The highest BCUT2D eigenvalue weighted by atomic mass is 32.2. The average molecular weight is 389 g/mol. The third-order valence-corrected chi connectivity index (χ3v) is 7.15. The predicted molar refractivity (Wildman–Crippen MR) is 106 cm³/mol. The van der Waals surface area contributed by atoms with Gasteiger partial charge in [-0.05, 0) is 29.9 Å². The highest BCUT2D eigenvalue weighted by Gasteiger charge is 2.52. The first-order chi connectivity index (χ1) is 12.5. The van der Waals surface area contributed by atoms with E-state index in [2.05, 4.69) is 0 Å². The second-order valence-electron chi connectivity index (χ2n) is 6.65. The summed E-state index contributed by atoms with van der Waals surface area (Å²) >= 11 is 5.78. The summed E-state index contributed by atoms with van der Waals surface area (Å²) in [4.78, 5) is 4.01. The summed E-state index contributed by atoms with van der Waals surface area (Å²) in [5, 5.41) is 0.656. The van der Waals surface area contributed by atoms with E-state index in [1.807, 2.05) is 64.4 Å². The van der Waals surface area contributed by atoms with Crippen LogP contribution >= 0.6 is 12.2 Å². The number of nitrogens with zero attached hydrogens (tertiary/aromatic N) is 2. The van der Waals surface area contributed by atoms with Crippen LogP contribution in [0.1, 0.15) is 5.56 Å².